The molecule has 0 saturated carbocycles. The summed E-state index contributed by atoms with van der Waals surface area (Å²) in [7, 11) is 3.10. The number of hydrogen-bond acceptors (Lipinski definition) is 10. The number of carbonyl (C=O) groups is 4. The van der Waals surface area contributed by atoms with Crippen molar-refractivity contribution in [2.24, 2.45) is 11.5 Å². The zero-order valence-corrected chi connectivity index (χ0v) is 32.7. The first-order chi connectivity index (χ1) is 28.4. The molecule has 6 N–H and O–H groups in total. The Hall–Kier alpha value is -7.30. The lowest BCUT2D eigenvalue weighted by molar-refractivity contribution is -0.149. The van der Waals surface area contributed by atoms with E-state index in [9.17, 15) is 29.4 Å². The summed E-state index contributed by atoms with van der Waals surface area (Å²) >= 11 is 0. The van der Waals surface area contributed by atoms with E-state index >= 15 is 0 Å². The maximum absolute atomic E-state index is 11.7. The Kier molecular flexibility index (Phi) is 14.7. The Labute approximate surface area is 340 Å². The van der Waals surface area contributed by atoms with E-state index in [4.69, 9.17) is 20.9 Å². The number of aliphatic hydroxyl groups is 2. The molecule has 1 aliphatic rings. The van der Waals surface area contributed by atoms with Gasteiger partial charge in [0.1, 0.15) is 0 Å². The standard InChI is InChI=1S/C20H18N4O3.C20H17N3O4.C4H8O/c1-23(2)20(27)17(25)11-10-13-6-5-7-14(12-13)24-16-9-4-3-8-15(16)18(22-24)19(21)26;1-2-27-20(26)17(24)11-10-13-6-5-7-14(12-13)23-16-9-4-3-8-15(16)18(22-23)19(21)25;1-2-4-5-3-1/h3-9,12,17,25H,1-2H3,(H2,21,26);3-9,12,17,24H,2H2,1H3,(H2,21,25);1-4H2. The summed E-state index contributed by atoms with van der Waals surface area (Å²) in [5.74, 6) is 8.02. The zero-order chi connectivity index (χ0) is 42.5. The van der Waals surface area contributed by atoms with Gasteiger partial charge in [0.2, 0.25) is 6.10 Å². The van der Waals surface area contributed by atoms with Crippen LogP contribution in [0.1, 0.15) is 51.9 Å². The van der Waals surface area contributed by atoms with Gasteiger partial charge in [-0.1, -0.05) is 72.2 Å². The Morgan fingerprint density at radius 1 is 0.729 bits per heavy atom. The number of likely N-dealkylation sites (N-methyl/N-ethyl adjacent to an activating group) is 1. The normalized spacial score (nSPS) is 12.6. The number of aliphatic hydroxyl groups excluding tert-OH is 2. The van der Waals surface area contributed by atoms with Crippen molar-refractivity contribution in [2.45, 2.75) is 32.0 Å². The van der Waals surface area contributed by atoms with Crippen molar-refractivity contribution < 1.29 is 38.9 Å². The van der Waals surface area contributed by atoms with Gasteiger partial charge in [-0.25, -0.2) is 14.2 Å². The third-order valence-electron chi connectivity index (χ3n) is 8.54. The molecular weight excluding hydrogens is 755 g/mol. The topological polar surface area (TPSA) is 218 Å². The van der Waals surface area contributed by atoms with Gasteiger partial charge in [0, 0.05) is 49.2 Å². The number of esters is 1. The molecule has 302 valence electrons. The fourth-order valence-corrected chi connectivity index (χ4v) is 5.72. The van der Waals surface area contributed by atoms with Crippen molar-refractivity contribution in [1.29, 1.82) is 0 Å². The molecule has 1 fully saturated rings. The summed E-state index contributed by atoms with van der Waals surface area (Å²) in [6.07, 6.45) is -0.351. The lowest BCUT2D eigenvalue weighted by atomic mass is 10.1. The highest BCUT2D eigenvalue weighted by molar-refractivity contribution is 6.05. The summed E-state index contributed by atoms with van der Waals surface area (Å²) in [4.78, 5) is 47.7. The number of aromatic nitrogens is 4. The molecule has 3 amide bonds. The molecule has 1 saturated heterocycles. The molecule has 0 radical (unpaired) electrons. The maximum atomic E-state index is 11.7. The number of nitrogens with two attached hydrogens (primary N) is 2. The molecule has 0 bridgehead atoms. The van der Waals surface area contributed by atoms with Crippen LogP contribution in [-0.4, -0.2) is 104 Å². The van der Waals surface area contributed by atoms with Gasteiger partial charge < -0.3 is 36.1 Å². The summed E-state index contributed by atoms with van der Waals surface area (Å²) in [6, 6.07) is 28.7. The summed E-state index contributed by atoms with van der Waals surface area (Å²) in [6.45, 7) is 3.82. The van der Waals surface area contributed by atoms with Gasteiger partial charge in [0.05, 0.1) is 29.0 Å². The highest BCUT2D eigenvalue weighted by Gasteiger charge is 2.18. The molecule has 1 aliphatic heterocycles. The molecule has 7 rings (SSSR count). The monoisotopic (exact) mass is 797 g/mol. The van der Waals surface area contributed by atoms with Crippen LogP contribution >= 0.6 is 0 Å². The Bertz CT molecular complexity index is 2600. The van der Waals surface area contributed by atoms with Gasteiger partial charge in [0.15, 0.2) is 17.5 Å². The number of ether oxygens (including phenoxy) is 2. The number of carbonyl (C=O) groups excluding carboxylic acids is 4. The molecule has 59 heavy (non-hydrogen) atoms. The third kappa shape index (κ3) is 11.0. The first-order valence-corrected chi connectivity index (χ1v) is 18.5. The Morgan fingerprint density at radius 3 is 1.59 bits per heavy atom. The highest BCUT2D eigenvalue weighted by atomic mass is 16.5. The van der Waals surface area contributed by atoms with E-state index in [1.165, 1.54) is 17.7 Å². The van der Waals surface area contributed by atoms with E-state index in [2.05, 4.69) is 33.9 Å². The smallest absolute Gasteiger partial charge is 0.347 e. The molecular formula is C44H43N7O8. The molecule has 4 aromatic carbocycles. The Balaban J connectivity index is 0.000000200. The van der Waals surface area contributed by atoms with E-state index in [1.54, 1.807) is 91.0 Å². The predicted octanol–water partition coefficient (Wildman–Crippen LogP) is 3.12. The van der Waals surface area contributed by atoms with Crippen LogP contribution in [-0.2, 0) is 19.1 Å². The number of primary amides is 2. The van der Waals surface area contributed by atoms with Crippen LogP contribution in [0, 0.1) is 23.7 Å². The third-order valence-corrected chi connectivity index (χ3v) is 8.54. The molecule has 6 aromatic rings. The number of hydrogen-bond donors (Lipinski definition) is 4. The first-order valence-electron chi connectivity index (χ1n) is 18.5. The second kappa shape index (κ2) is 20.2. The summed E-state index contributed by atoms with van der Waals surface area (Å²) in [5, 5.41) is 29.5. The van der Waals surface area contributed by atoms with Crippen molar-refractivity contribution in [3.8, 4) is 35.1 Å². The van der Waals surface area contributed by atoms with E-state index in [-0.39, 0.29) is 18.0 Å². The van der Waals surface area contributed by atoms with Crippen LogP contribution in [0.5, 0.6) is 0 Å². The average molecular weight is 798 g/mol. The van der Waals surface area contributed by atoms with Crippen molar-refractivity contribution in [2.75, 3.05) is 33.9 Å². The van der Waals surface area contributed by atoms with Crippen LogP contribution in [0.3, 0.4) is 0 Å². The number of fused-ring (bicyclic) bond motifs is 2. The second-order valence-electron chi connectivity index (χ2n) is 13.0. The quantitative estimate of drug-likeness (QED) is 0.137. The molecule has 2 unspecified atom stereocenters. The number of nitrogens with zero attached hydrogens (tertiary/aromatic N) is 5. The molecule has 3 heterocycles. The fraction of sp³-hybridized carbons (Fsp3) is 0.227. The zero-order valence-electron chi connectivity index (χ0n) is 32.7. The van der Waals surface area contributed by atoms with E-state index in [1.807, 2.05) is 36.4 Å². The van der Waals surface area contributed by atoms with Gasteiger partial charge in [-0.05, 0) is 68.3 Å². The molecule has 0 spiro atoms. The maximum Gasteiger partial charge on any atom is 0.347 e. The lowest BCUT2D eigenvalue weighted by Gasteiger charge is -2.10. The lowest BCUT2D eigenvalue weighted by Crippen LogP contribution is -2.32. The minimum absolute atomic E-state index is 0.168. The van der Waals surface area contributed by atoms with Crippen molar-refractivity contribution in [1.82, 2.24) is 24.5 Å². The molecule has 0 aliphatic carbocycles. The van der Waals surface area contributed by atoms with Crippen molar-refractivity contribution in [3.05, 3.63) is 120 Å². The van der Waals surface area contributed by atoms with Crippen LogP contribution < -0.4 is 11.5 Å². The van der Waals surface area contributed by atoms with Gasteiger partial charge >= 0.3 is 5.97 Å². The average Bonchev–Trinajstić information content (AvgIpc) is 4.03. The SMILES string of the molecule is C1CCOC1.CCOC(=O)C(O)C#Cc1cccc(-n2nc(C(N)=O)c3ccccc32)c1.CN(C)C(=O)C(O)C#Cc1cccc(-n2nc(C(N)=O)c3ccccc32)c1. The van der Waals surface area contributed by atoms with Crippen molar-refractivity contribution >= 4 is 45.5 Å². The van der Waals surface area contributed by atoms with Crippen LogP contribution in [0.25, 0.3) is 33.2 Å². The molecule has 2 aromatic heterocycles. The van der Waals surface area contributed by atoms with Gasteiger partial charge in [0.25, 0.3) is 17.7 Å². The molecule has 15 nitrogen and oxygen atoms in total. The van der Waals surface area contributed by atoms with Crippen LogP contribution in [0.15, 0.2) is 97.1 Å². The minimum atomic E-state index is -1.51. The predicted molar refractivity (Wildman–Crippen MR) is 220 cm³/mol. The minimum Gasteiger partial charge on any atom is -0.463 e. The largest absolute Gasteiger partial charge is 0.463 e. The highest BCUT2D eigenvalue weighted by Crippen LogP contribution is 2.24. The van der Waals surface area contributed by atoms with Crippen LogP contribution in [0.2, 0.25) is 0 Å². The van der Waals surface area contributed by atoms with E-state index in [0.717, 1.165) is 24.2 Å². The number of para-hydroxylation sites is 2. The number of benzene rings is 4. The molecule has 15 heteroatoms. The second-order valence-corrected chi connectivity index (χ2v) is 13.0. The van der Waals surface area contributed by atoms with Gasteiger partial charge in [-0.3, -0.25) is 14.4 Å². The first kappa shape index (κ1) is 42.8. The number of rotatable bonds is 7. The fourth-order valence-electron chi connectivity index (χ4n) is 5.72. The van der Waals surface area contributed by atoms with E-state index in [0.29, 0.717) is 33.3 Å². The summed E-state index contributed by atoms with van der Waals surface area (Å²) < 4.78 is 12.9. The van der Waals surface area contributed by atoms with Gasteiger partial charge in [-0.2, -0.15) is 10.2 Å². The Morgan fingerprint density at radius 2 is 1.19 bits per heavy atom. The van der Waals surface area contributed by atoms with E-state index < -0.39 is 35.9 Å². The van der Waals surface area contributed by atoms with Crippen molar-refractivity contribution in [3.63, 3.8) is 0 Å². The molecule has 2 atom stereocenters. The van der Waals surface area contributed by atoms with Gasteiger partial charge in [-0.15, -0.1) is 0 Å². The number of amides is 3. The summed E-state index contributed by atoms with van der Waals surface area (Å²) in [5.41, 5.74) is 15.2. The van der Waals surface area contributed by atoms with Crippen LogP contribution in [0.4, 0.5) is 0 Å².